The molecule has 0 unspecified atom stereocenters. The number of nitrogens with zero attached hydrogens (tertiary/aromatic N) is 4. The topological polar surface area (TPSA) is 111 Å². The van der Waals surface area contributed by atoms with Crippen LogP contribution in [0.15, 0.2) is 29.0 Å². The van der Waals surface area contributed by atoms with Crippen LogP contribution in [0.2, 0.25) is 0 Å². The molecule has 158 valence electrons. The quantitative estimate of drug-likeness (QED) is 0.679. The van der Waals surface area contributed by atoms with E-state index in [1.165, 1.54) is 6.39 Å². The van der Waals surface area contributed by atoms with Crippen LogP contribution in [0.1, 0.15) is 31.2 Å². The highest BCUT2D eigenvalue weighted by Gasteiger charge is 2.47. The first-order chi connectivity index (χ1) is 14.5. The van der Waals surface area contributed by atoms with Gasteiger partial charge in [0.05, 0.1) is 30.7 Å². The maximum atomic E-state index is 10.0. The molecule has 1 spiro atoms. The highest BCUT2D eigenvalue weighted by molar-refractivity contribution is 5.79. The van der Waals surface area contributed by atoms with Crippen molar-refractivity contribution < 1.29 is 14.3 Å². The lowest BCUT2D eigenvalue weighted by Gasteiger charge is -2.42. The van der Waals surface area contributed by atoms with Gasteiger partial charge in [-0.15, -0.1) is 0 Å². The zero-order chi connectivity index (χ0) is 20.9. The van der Waals surface area contributed by atoms with Gasteiger partial charge in [-0.25, -0.2) is 15.0 Å². The fourth-order valence-corrected chi connectivity index (χ4v) is 4.81. The van der Waals surface area contributed by atoms with E-state index in [0.717, 1.165) is 60.8 Å². The lowest BCUT2D eigenvalue weighted by molar-refractivity contribution is 0.0973. The number of aryl methyl sites for hydroxylation is 1. The Morgan fingerprint density at radius 2 is 2.07 bits per heavy atom. The van der Waals surface area contributed by atoms with Crippen molar-refractivity contribution in [3.63, 3.8) is 0 Å². The van der Waals surface area contributed by atoms with Gasteiger partial charge in [-0.05, 0) is 38.8 Å². The van der Waals surface area contributed by atoms with Crippen LogP contribution in [0.25, 0.3) is 22.4 Å². The second kappa shape index (κ2) is 7.30. The van der Waals surface area contributed by atoms with E-state index in [0.29, 0.717) is 11.3 Å². The van der Waals surface area contributed by atoms with Gasteiger partial charge in [0.1, 0.15) is 11.2 Å². The van der Waals surface area contributed by atoms with E-state index in [1.54, 1.807) is 0 Å². The number of aliphatic hydroxyl groups is 1. The molecule has 0 bridgehead atoms. The first-order valence-corrected chi connectivity index (χ1v) is 10.4. The van der Waals surface area contributed by atoms with Crippen LogP contribution in [-0.4, -0.2) is 51.9 Å². The Kier molecular flexibility index (Phi) is 4.72. The predicted molar refractivity (Wildman–Crippen MR) is 113 cm³/mol. The van der Waals surface area contributed by atoms with Gasteiger partial charge in [-0.1, -0.05) is 6.07 Å². The van der Waals surface area contributed by atoms with E-state index < -0.39 is 0 Å². The normalized spacial score (nSPS) is 23.5. The number of benzene rings is 1. The summed E-state index contributed by atoms with van der Waals surface area (Å²) in [6.07, 6.45) is 3.44. The number of oxazole rings is 1. The Morgan fingerprint density at radius 3 is 2.77 bits per heavy atom. The number of piperidine rings is 1. The standard InChI is InChI=1S/C22H27N5O3/c1-13-19(15-3-4-16-18(9-15)30-12-24-16)26-17(10-28)21(25-13)27-7-5-22(6-8-27)11-29-14(2)20(22)23/h3-4,9,12,14,20,28H,5-8,10-11,23H2,1-2H3/t14-,20+/m0/s1. The third kappa shape index (κ3) is 3.07. The SMILES string of the molecule is Cc1nc(N2CCC3(CC2)CO[C@@H](C)[C@H]3N)c(CO)nc1-c1ccc2ncoc2c1. The van der Waals surface area contributed by atoms with Crippen LogP contribution in [-0.2, 0) is 11.3 Å². The second-order valence-electron chi connectivity index (χ2n) is 8.51. The highest BCUT2D eigenvalue weighted by Crippen LogP contribution is 2.42. The fraction of sp³-hybridized carbons (Fsp3) is 0.500. The van der Waals surface area contributed by atoms with Crippen molar-refractivity contribution in [2.75, 3.05) is 24.6 Å². The molecule has 1 aromatic carbocycles. The minimum absolute atomic E-state index is 0.0458. The van der Waals surface area contributed by atoms with E-state index in [9.17, 15) is 5.11 Å². The van der Waals surface area contributed by atoms with E-state index in [1.807, 2.05) is 25.1 Å². The minimum Gasteiger partial charge on any atom is -0.443 e. The largest absolute Gasteiger partial charge is 0.443 e. The third-order valence-electron chi connectivity index (χ3n) is 6.78. The molecule has 3 aromatic rings. The summed E-state index contributed by atoms with van der Waals surface area (Å²) >= 11 is 0. The molecule has 8 nitrogen and oxygen atoms in total. The molecule has 3 N–H and O–H groups in total. The van der Waals surface area contributed by atoms with Crippen molar-refractivity contribution in [3.05, 3.63) is 36.0 Å². The molecule has 2 fully saturated rings. The van der Waals surface area contributed by atoms with Crippen molar-refractivity contribution >= 4 is 16.9 Å². The number of rotatable bonds is 3. The van der Waals surface area contributed by atoms with Crippen molar-refractivity contribution in [3.8, 4) is 11.3 Å². The lowest BCUT2D eigenvalue weighted by atomic mass is 9.73. The molecular weight excluding hydrogens is 382 g/mol. The molecule has 2 aromatic heterocycles. The van der Waals surface area contributed by atoms with Crippen molar-refractivity contribution in [1.29, 1.82) is 0 Å². The van der Waals surface area contributed by atoms with Crippen LogP contribution in [0.5, 0.6) is 0 Å². The van der Waals surface area contributed by atoms with E-state index in [2.05, 4.69) is 16.8 Å². The van der Waals surface area contributed by atoms with Gasteiger partial charge in [0, 0.05) is 30.1 Å². The molecule has 2 aliphatic heterocycles. The molecule has 0 radical (unpaired) electrons. The molecule has 4 heterocycles. The molecule has 0 saturated carbocycles. The number of ether oxygens (including phenoxy) is 1. The number of anilines is 1. The monoisotopic (exact) mass is 409 g/mol. The molecule has 30 heavy (non-hydrogen) atoms. The van der Waals surface area contributed by atoms with Gasteiger partial charge in [0.2, 0.25) is 0 Å². The summed E-state index contributed by atoms with van der Waals surface area (Å²) in [4.78, 5) is 16.0. The summed E-state index contributed by atoms with van der Waals surface area (Å²) in [6.45, 7) is 6.22. The van der Waals surface area contributed by atoms with Crippen molar-refractivity contribution in [2.45, 2.75) is 45.4 Å². The average molecular weight is 409 g/mol. The van der Waals surface area contributed by atoms with Crippen LogP contribution in [0.3, 0.4) is 0 Å². The maximum absolute atomic E-state index is 10.0. The lowest BCUT2D eigenvalue weighted by Crippen LogP contribution is -2.51. The summed E-state index contributed by atoms with van der Waals surface area (Å²) in [5, 5.41) is 10.0. The Balaban J connectivity index is 1.43. The summed E-state index contributed by atoms with van der Waals surface area (Å²) in [7, 11) is 0. The first-order valence-electron chi connectivity index (χ1n) is 10.4. The van der Waals surface area contributed by atoms with Crippen LogP contribution >= 0.6 is 0 Å². The predicted octanol–water partition coefficient (Wildman–Crippen LogP) is 2.42. The van der Waals surface area contributed by atoms with Crippen molar-refractivity contribution in [1.82, 2.24) is 15.0 Å². The van der Waals surface area contributed by atoms with Gasteiger partial charge >= 0.3 is 0 Å². The number of fused-ring (bicyclic) bond motifs is 1. The molecular formula is C22H27N5O3. The Labute approximate surface area is 175 Å². The highest BCUT2D eigenvalue weighted by atomic mass is 16.5. The van der Waals surface area contributed by atoms with Crippen LogP contribution in [0.4, 0.5) is 5.82 Å². The van der Waals surface area contributed by atoms with E-state index in [4.69, 9.17) is 24.9 Å². The number of nitrogens with two attached hydrogens (primary N) is 1. The molecule has 2 aliphatic rings. The molecule has 0 amide bonds. The third-order valence-corrected chi connectivity index (χ3v) is 6.78. The number of aromatic nitrogens is 3. The summed E-state index contributed by atoms with van der Waals surface area (Å²) in [6, 6.07) is 5.83. The maximum Gasteiger partial charge on any atom is 0.181 e. The molecule has 0 aliphatic carbocycles. The van der Waals surface area contributed by atoms with Gasteiger partial charge in [0.25, 0.3) is 0 Å². The second-order valence-corrected chi connectivity index (χ2v) is 8.51. The zero-order valence-corrected chi connectivity index (χ0v) is 17.3. The van der Waals surface area contributed by atoms with E-state index in [-0.39, 0.29) is 24.2 Å². The van der Waals surface area contributed by atoms with Crippen LogP contribution in [0, 0.1) is 12.3 Å². The smallest absolute Gasteiger partial charge is 0.181 e. The Bertz CT molecular complexity index is 1070. The fourth-order valence-electron chi connectivity index (χ4n) is 4.81. The first kappa shape index (κ1) is 19.4. The summed E-state index contributed by atoms with van der Waals surface area (Å²) < 4.78 is 11.2. The summed E-state index contributed by atoms with van der Waals surface area (Å²) in [5.41, 5.74) is 11.0. The number of hydrogen-bond acceptors (Lipinski definition) is 8. The van der Waals surface area contributed by atoms with Crippen molar-refractivity contribution in [2.24, 2.45) is 11.1 Å². The molecule has 8 heteroatoms. The van der Waals surface area contributed by atoms with Gasteiger partial charge in [-0.3, -0.25) is 0 Å². The molecule has 2 atom stereocenters. The number of aliphatic hydroxyl groups excluding tert-OH is 1. The van der Waals surface area contributed by atoms with Gasteiger partial charge < -0.3 is 24.9 Å². The van der Waals surface area contributed by atoms with Gasteiger partial charge in [0.15, 0.2) is 17.8 Å². The minimum atomic E-state index is -0.165. The Morgan fingerprint density at radius 1 is 1.27 bits per heavy atom. The van der Waals surface area contributed by atoms with Gasteiger partial charge in [-0.2, -0.15) is 0 Å². The summed E-state index contributed by atoms with van der Waals surface area (Å²) in [5.74, 6) is 0.759. The Hall–Kier alpha value is -2.55. The zero-order valence-electron chi connectivity index (χ0n) is 17.3. The van der Waals surface area contributed by atoms with Crippen LogP contribution < -0.4 is 10.6 Å². The molecule has 2 saturated heterocycles. The molecule has 5 rings (SSSR count). The average Bonchev–Trinajstić information content (AvgIpc) is 3.34. The number of hydrogen-bond donors (Lipinski definition) is 2. The van der Waals surface area contributed by atoms with E-state index >= 15 is 0 Å².